The summed E-state index contributed by atoms with van der Waals surface area (Å²) >= 11 is 6.06. The minimum Gasteiger partial charge on any atom is -0.388 e. The smallest absolute Gasteiger partial charge is 0.0790 e. The van der Waals surface area contributed by atoms with Gasteiger partial charge in [0.2, 0.25) is 0 Å². The highest BCUT2D eigenvalue weighted by Gasteiger charge is 2.16. The summed E-state index contributed by atoms with van der Waals surface area (Å²) < 4.78 is 5.57. The number of hydrogen-bond donors (Lipinski definition) is 1. The van der Waals surface area contributed by atoms with Crippen molar-refractivity contribution in [2.24, 2.45) is 0 Å². The van der Waals surface area contributed by atoms with Crippen LogP contribution >= 0.6 is 11.6 Å². The van der Waals surface area contributed by atoms with Crippen LogP contribution in [0.25, 0.3) is 0 Å². The summed E-state index contributed by atoms with van der Waals surface area (Å²) in [6.07, 6.45) is 5.18. The zero-order valence-electron chi connectivity index (χ0n) is 10.9. The topological polar surface area (TPSA) is 29.5 Å². The molecular weight excluding hydrogens is 248 g/mol. The molecule has 0 saturated carbocycles. The molecule has 2 atom stereocenters. The van der Waals surface area contributed by atoms with Crippen LogP contribution in [0.15, 0.2) is 18.2 Å². The predicted molar refractivity (Wildman–Crippen MR) is 74.0 cm³/mol. The summed E-state index contributed by atoms with van der Waals surface area (Å²) in [7, 11) is 0. The van der Waals surface area contributed by atoms with Crippen molar-refractivity contribution in [3.05, 3.63) is 34.3 Å². The van der Waals surface area contributed by atoms with Crippen molar-refractivity contribution in [3.8, 4) is 0 Å². The third-order valence-electron chi connectivity index (χ3n) is 3.61. The highest BCUT2D eigenvalue weighted by molar-refractivity contribution is 6.31. The molecule has 1 aromatic rings. The SMILES string of the molecule is Cc1ccc(C(O)CCCC2CCCO2)cc1Cl. The molecule has 1 aliphatic heterocycles. The van der Waals surface area contributed by atoms with Gasteiger partial charge in [-0.1, -0.05) is 23.7 Å². The van der Waals surface area contributed by atoms with E-state index in [1.807, 2.05) is 25.1 Å². The maximum atomic E-state index is 10.1. The van der Waals surface area contributed by atoms with Gasteiger partial charge in [-0.25, -0.2) is 0 Å². The van der Waals surface area contributed by atoms with Crippen molar-refractivity contribution in [3.63, 3.8) is 0 Å². The van der Waals surface area contributed by atoms with E-state index in [-0.39, 0.29) is 0 Å². The van der Waals surface area contributed by atoms with E-state index in [0.29, 0.717) is 6.10 Å². The Bertz CT molecular complexity index is 386. The predicted octanol–water partition coefficient (Wildman–Crippen LogP) is 4.03. The molecule has 3 heteroatoms. The third-order valence-corrected chi connectivity index (χ3v) is 4.02. The van der Waals surface area contributed by atoms with Gasteiger partial charge in [-0.05, 0) is 56.2 Å². The summed E-state index contributed by atoms with van der Waals surface area (Å²) in [5.41, 5.74) is 1.96. The molecule has 0 amide bonds. The molecule has 1 N–H and O–H groups in total. The Morgan fingerprint density at radius 1 is 1.50 bits per heavy atom. The second kappa shape index (κ2) is 6.55. The lowest BCUT2D eigenvalue weighted by Gasteiger charge is -2.14. The van der Waals surface area contributed by atoms with Crippen LogP contribution in [0.1, 0.15) is 49.3 Å². The molecule has 2 unspecified atom stereocenters. The van der Waals surface area contributed by atoms with Crippen molar-refractivity contribution >= 4 is 11.6 Å². The minimum atomic E-state index is -0.412. The lowest BCUT2D eigenvalue weighted by atomic mass is 10.0. The van der Waals surface area contributed by atoms with Gasteiger partial charge >= 0.3 is 0 Å². The van der Waals surface area contributed by atoms with Crippen molar-refractivity contribution in [2.75, 3.05) is 6.61 Å². The van der Waals surface area contributed by atoms with Crippen LogP contribution in [0.2, 0.25) is 5.02 Å². The Morgan fingerprint density at radius 2 is 2.33 bits per heavy atom. The highest BCUT2D eigenvalue weighted by Crippen LogP contribution is 2.26. The first-order chi connectivity index (χ1) is 8.66. The lowest BCUT2D eigenvalue weighted by Crippen LogP contribution is -2.06. The van der Waals surface area contributed by atoms with Crippen molar-refractivity contribution < 1.29 is 9.84 Å². The van der Waals surface area contributed by atoms with Gasteiger partial charge in [0.15, 0.2) is 0 Å². The second-order valence-corrected chi connectivity index (χ2v) is 5.50. The first kappa shape index (κ1) is 13.9. The van der Waals surface area contributed by atoms with Gasteiger partial charge in [0.25, 0.3) is 0 Å². The summed E-state index contributed by atoms with van der Waals surface area (Å²) in [5.74, 6) is 0. The highest BCUT2D eigenvalue weighted by atomic mass is 35.5. The number of aryl methyl sites for hydroxylation is 1. The van der Waals surface area contributed by atoms with Gasteiger partial charge in [-0.3, -0.25) is 0 Å². The fourth-order valence-corrected chi connectivity index (χ4v) is 2.58. The van der Waals surface area contributed by atoms with Crippen molar-refractivity contribution in [1.29, 1.82) is 0 Å². The first-order valence-corrected chi connectivity index (χ1v) is 7.10. The zero-order chi connectivity index (χ0) is 13.0. The molecule has 2 nitrogen and oxygen atoms in total. The molecule has 1 aliphatic rings. The normalized spacial score (nSPS) is 21.2. The minimum absolute atomic E-state index is 0.412. The van der Waals surface area contributed by atoms with Gasteiger partial charge in [0, 0.05) is 11.6 Å². The number of halogens is 1. The lowest BCUT2D eigenvalue weighted by molar-refractivity contribution is 0.0945. The number of hydrogen-bond acceptors (Lipinski definition) is 2. The van der Waals surface area contributed by atoms with E-state index in [2.05, 4.69) is 0 Å². The number of aliphatic hydroxyl groups is 1. The average Bonchev–Trinajstić information content (AvgIpc) is 2.85. The standard InChI is InChI=1S/C15H21ClO2/c1-11-7-8-12(10-14(11)16)15(17)6-2-4-13-5-3-9-18-13/h7-8,10,13,15,17H,2-6,9H2,1H3. The van der Waals surface area contributed by atoms with Gasteiger partial charge in [0.05, 0.1) is 12.2 Å². The first-order valence-electron chi connectivity index (χ1n) is 6.72. The van der Waals surface area contributed by atoms with Crippen molar-refractivity contribution in [1.82, 2.24) is 0 Å². The molecule has 1 heterocycles. The largest absolute Gasteiger partial charge is 0.388 e. The molecule has 1 saturated heterocycles. The van der Waals surface area contributed by atoms with Crippen LogP contribution in [0.3, 0.4) is 0 Å². The molecule has 0 aliphatic carbocycles. The average molecular weight is 269 g/mol. The molecule has 0 aromatic heterocycles. The zero-order valence-corrected chi connectivity index (χ0v) is 11.6. The molecule has 0 radical (unpaired) electrons. The maximum absolute atomic E-state index is 10.1. The molecule has 2 rings (SSSR count). The van der Waals surface area contributed by atoms with Crippen molar-refractivity contribution in [2.45, 2.75) is 51.2 Å². The van der Waals surface area contributed by atoms with Crippen LogP contribution in [-0.2, 0) is 4.74 Å². The number of aliphatic hydroxyl groups excluding tert-OH is 1. The molecule has 18 heavy (non-hydrogen) atoms. The van der Waals surface area contributed by atoms with Crippen LogP contribution in [0.5, 0.6) is 0 Å². The maximum Gasteiger partial charge on any atom is 0.0790 e. The van der Waals surface area contributed by atoms with Crippen LogP contribution in [0, 0.1) is 6.92 Å². The van der Waals surface area contributed by atoms with Crippen LogP contribution < -0.4 is 0 Å². The number of benzene rings is 1. The van der Waals surface area contributed by atoms with E-state index in [1.165, 1.54) is 12.8 Å². The molecule has 0 spiro atoms. The van der Waals surface area contributed by atoms with E-state index in [1.54, 1.807) is 0 Å². The second-order valence-electron chi connectivity index (χ2n) is 5.09. The van der Waals surface area contributed by atoms with E-state index >= 15 is 0 Å². The third kappa shape index (κ3) is 3.71. The Hall–Kier alpha value is -0.570. The van der Waals surface area contributed by atoms with E-state index in [4.69, 9.17) is 16.3 Å². The van der Waals surface area contributed by atoms with Crippen LogP contribution in [0.4, 0.5) is 0 Å². The van der Waals surface area contributed by atoms with Crippen LogP contribution in [-0.4, -0.2) is 17.8 Å². The number of ether oxygens (including phenoxy) is 1. The summed E-state index contributed by atoms with van der Waals surface area (Å²) in [6, 6.07) is 5.78. The summed E-state index contributed by atoms with van der Waals surface area (Å²) in [5, 5.41) is 10.8. The molecule has 100 valence electrons. The molecule has 1 aromatic carbocycles. The Kier molecular flexibility index (Phi) is 5.04. The van der Waals surface area contributed by atoms with Gasteiger partial charge in [-0.2, -0.15) is 0 Å². The van der Waals surface area contributed by atoms with Gasteiger partial charge < -0.3 is 9.84 Å². The summed E-state index contributed by atoms with van der Waals surface area (Å²) in [6.45, 7) is 2.87. The fraction of sp³-hybridized carbons (Fsp3) is 0.600. The Morgan fingerprint density at radius 3 is 3.00 bits per heavy atom. The number of rotatable bonds is 5. The fourth-order valence-electron chi connectivity index (χ4n) is 2.39. The Labute approximate surface area is 114 Å². The Balaban J connectivity index is 1.79. The molecule has 0 bridgehead atoms. The monoisotopic (exact) mass is 268 g/mol. The van der Waals surface area contributed by atoms with E-state index < -0.39 is 6.10 Å². The quantitative estimate of drug-likeness (QED) is 0.874. The molecule has 1 fully saturated rings. The summed E-state index contributed by atoms with van der Waals surface area (Å²) in [4.78, 5) is 0. The van der Waals surface area contributed by atoms with Gasteiger partial charge in [0.1, 0.15) is 0 Å². The molecular formula is C15H21ClO2. The van der Waals surface area contributed by atoms with E-state index in [9.17, 15) is 5.11 Å². The van der Waals surface area contributed by atoms with E-state index in [0.717, 1.165) is 42.0 Å². The van der Waals surface area contributed by atoms with Gasteiger partial charge in [-0.15, -0.1) is 0 Å².